The third-order valence-corrected chi connectivity index (χ3v) is 6.39. The summed E-state index contributed by atoms with van der Waals surface area (Å²) in [5.74, 6) is 0.410. The quantitative estimate of drug-likeness (QED) is 0.815. The molecule has 8 heteroatoms. The van der Waals surface area contributed by atoms with Gasteiger partial charge in [0.2, 0.25) is 11.8 Å². The first-order valence-electron chi connectivity index (χ1n) is 11.4. The number of aromatic amines is 1. The van der Waals surface area contributed by atoms with Crippen LogP contribution in [0.2, 0.25) is 0 Å². The van der Waals surface area contributed by atoms with Crippen LogP contribution in [0.4, 0.5) is 0 Å². The van der Waals surface area contributed by atoms with E-state index in [2.05, 4.69) is 5.10 Å². The Balaban J connectivity index is 1.61. The minimum absolute atomic E-state index is 0.0932. The number of likely N-dealkylation sites (tertiary alicyclic amines) is 1. The number of carbonyl (C=O) groups is 2. The molecule has 0 aromatic carbocycles. The maximum atomic E-state index is 13.2. The van der Waals surface area contributed by atoms with Gasteiger partial charge in [0.15, 0.2) is 5.65 Å². The number of H-pyrrole nitrogens is 1. The van der Waals surface area contributed by atoms with Gasteiger partial charge in [0.05, 0.1) is 17.8 Å². The van der Waals surface area contributed by atoms with Crippen molar-refractivity contribution in [2.45, 2.75) is 72.3 Å². The van der Waals surface area contributed by atoms with Crippen molar-refractivity contribution in [2.24, 2.45) is 5.41 Å². The molecule has 168 valence electrons. The van der Waals surface area contributed by atoms with Crippen LogP contribution in [0.25, 0.3) is 5.65 Å². The molecule has 1 atom stereocenters. The molecule has 2 aromatic heterocycles. The molecule has 0 aliphatic carbocycles. The van der Waals surface area contributed by atoms with Gasteiger partial charge < -0.3 is 9.80 Å². The smallest absolute Gasteiger partial charge is 0.277 e. The normalized spacial score (nSPS) is 19.5. The van der Waals surface area contributed by atoms with E-state index in [4.69, 9.17) is 4.98 Å². The molecule has 1 unspecified atom stereocenters. The van der Waals surface area contributed by atoms with Crippen LogP contribution in [0.1, 0.15) is 76.2 Å². The molecular formula is C23H33N5O3. The molecule has 0 spiro atoms. The van der Waals surface area contributed by atoms with E-state index in [1.807, 2.05) is 38.7 Å². The van der Waals surface area contributed by atoms with Crippen molar-refractivity contribution >= 4 is 17.5 Å². The summed E-state index contributed by atoms with van der Waals surface area (Å²) < 4.78 is 1.51. The van der Waals surface area contributed by atoms with Gasteiger partial charge in [-0.2, -0.15) is 0 Å². The summed E-state index contributed by atoms with van der Waals surface area (Å²) in [5, 5.41) is 3.25. The summed E-state index contributed by atoms with van der Waals surface area (Å²) in [7, 11) is 0. The van der Waals surface area contributed by atoms with Gasteiger partial charge >= 0.3 is 0 Å². The molecule has 2 aromatic rings. The number of carbonyl (C=O) groups excluding carboxylic acids is 2. The maximum Gasteiger partial charge on any atom is 0.277 e. The molecular weight excluding hydrogens is 394 g/mol. The monoisotopic (exact) mass is 427 g/mol. The fraction of sp³-hybridized carbons (Fsp3) is 0.652. The summed E-state index contributed by atoms with van der Waals surface area (Å²) in [5.41, 5.74) is 2.43. The number of aromatic nitrogens is 3. The molecule has 1 N–H and O–H groups in total. The standard InChI is InChI=1S/C23H33N5O3/c1-5-7-20(29)26-11-9-17-16(14-26)21(30)28-19(24-17)12-18(25-28)15-8-6-10-27(13-15)22(31)23(2,3)4/h12,15,25H,5-11,13-14H2,1-4H3. The van der Waals surface area contributed by atoms with Crippen LogP contribution < -0.4 is 5.56 Å². The number of hydrogen-bond donors (Lipinski definition) is 1. The summed E-state index contributed by atoms with van der Waals surface area (Å²) >= 11 is 0. The zero-order chi connectivity index (χ0) is 22.3. The van der Waals surface area contributed by atoms with Crippen LogP contribution >= 0.6 is 0 Å². The van der Waals surface area contributed by atoms with Crippen LogP contribution in [0, 0.1) is 5.41 Å². The van der Waals surface area contributed by atoms with Crippen LogP contribution in [-0.2, 0) is 22.6 Å². The second-order valence-corrected chi connectivity index (χ2v) is 9.90. The van der Waals surface area contributed by atoms with Crippen molar-refractivity contribution in [2.75, 3.05) is 19.6 Å². The van der Waals surface area contributed by atoms with E-state index < -0.39 is 5.41 Å². The average Bonchev–Trinajstić information content (AvgIpc) is 3.17. The zero-order valence-electron chi connectivity index (χ0n) is 19.0. The summed E-state index contributed by atoms with van der Waals surface area (Å²) in [6.07, 6.45) is 3.82. The number of rotatable bonds is 3. The van der Waals surface area contributed by atoms with Crippen molar-refractivity contribution in [1.82, 2.24) is 24.4 Å². The second kappa shape index (κ2) is 8.13. The SMILES string of the molecule is CCCC(=O)N1CCc2nc3cc(C4CCCN(C(=O)C(C)(C)C)C4)[nH]n3c(=O)c2C1. The topological polar surface area (TPSA) is 90.8 Å². The minimum Gasteiger partial charge on any atom is -0.342 e. The number of hydrogen-bond acceptors (Lipinski definition) is 4. The predicted octanol–water partition coefficient (Wildman–Crippen LogP) is 2.46. The van der Waals surface area contributed by atoms with E-state index in [0.29, 0.717) is 43.7 Å². The molecule has 0 bridgehead atoms. The zero-order valence-corrected chi connectivity index (χ0v) is 19.0. The Labute approximate surface area is 182 Å². The van der Waals surface area contributed by atoms with E-state index in [1.165, 1.54) is 4.52 Å². The molecule has 8 nitrogen and oxygen atoms in total. The van der Waals surface area contributed by atoms with Crippen LogP contribution in [0.3, 0.4) is 0 Å². The highest BCUT2D eigenvalue weighted by Gasteiger charge is 2.32. The highest BCUT2D eigenvalue weighted by molar-refractivity contribution is 5.81. The summed E-state index contributed by atoms with van der Waals surface area (Å²) in [4.78, 5) is 46.7. The van der Waals surface area contributed by atoms with E-state index >= 15 is 0 Å². The highest BCUT2D eigenvalue weighted by atomic mass is 16.2. The largest absolute Gasteiger partial charge is 0.342 e. The van der Waals surface area contributed by atoms with Crippen LogP contribution in [-0.4, -0.2) is 55.8 Å². The molecule has 1 saturated heterocycles. The Morgan fingerprint density at radius 1 is 1.23 bits per heavy atom. The van der Waals surface area contributed by atoms with Crippen molar-refractivity contribution in [1.29, 1.82) is 0 Å². The van der Waals surface area contributed by atoms with Crippen LogP contribution in [0.15, 0.2) is 10.9 Å². The van der Waals surface area contributed by atoms with Gasteiger partial charge in [-0.3, -0.25) is 19.5 Å². The number of nitrogens with zero attached hydrogens (tertiary/aromatic N) is 4. The first-order chi connectivity index (χ1) is 14.7. The third-order valence-electron chi connectivity index (χ3n) is 6.39. The van der Waals surface area contributed by atoms with E-state index in [1.54, 1.807) is 4.90 Å². The van der Waals surface area contributed by atoms with E-state index in [-0.39, 0.29) is 23.3 Å². The second-order valence-electron chi connectivity index (χ2n) is 9.90. The average molecular weight is 428 g/mol. The van der Waals surface area contributed by atoms with Gasteiger partial charge in [-0.1, -0.05) is 27.7 Å². The Morgan fingerprint density at radius 3 is 2.71 bits per heavy atom. The number of piperidine rings is 1. The molecule has 2 amide bonds. The first-order valence-corrected chi connectivity index (χ1v) is 11.4. The minimum atomic E-state index is -0.402. The maximum absolute atomic E-state index is 13.2. The summed E-state index contributed by atoms with van der Waals surface area (Å²) in [6, 6.07) is 1.95. The Kier molecular flexibility index (Phi) is 5.66. The van der Waals surface area contributed by atoms with Crippen molar-refractivity contribution in [3.05, 3.63) is 33.4 Å². The lowest BCUT2D eigenvalue weighted by Crippen LogP contribution is -2.44. The van der Waals surface area contributed by atoms with Gasteiger partial charge in [0.25, 0.3) is 5.56 Å². The Morgan fingerprint density at radius 2 is 2.00 bits per heavy atom. The van der Waals surface area contributed by atoms with Crippen molar-refractivity contribution < 1.29 is 9.59 Å². The van der Waals surface area contributed by atoms with Gasteiger partial charge in [-0.15, -0.1) is 0 Å². The predicted molar refractivity (Wildman–Crippen MR) is 118 cm³/mol. The van der Waals surface area contributed by atoms with Crippen LogP contribution in [0.5, 0.6) is 0 Å². The van der Waals surface area contributed by atoms with E-state index in [0.717, 1.165) is 37.2 Å². The molecule has 0 radical (unpaired) electrons. The van der Waals surface area contributed by atoms with Crippen molar-refractivity contribution in [3.8, 4) is 0 Å². The van der Waals surface area contributed by atoms with Gasteiger partial charge in [0.1, 0.15) is 0 Å². The van der Waals surface area contributed by atoms with Gasteiger partial charge in [-0.25, -0.2) is 9.50 Å². The molecule has 31 heavy (non-hydrogen) atoms. The number of nitrogens with one attached hydrogen (secondary N) is 1. The number of fused-ring (bicyclic) bond motifs is 2. The molecule has 2 aliphatic rings. The molecule has 4 heterocycles. The molecule has 4 rings (SSSR count). The lowest BCUT2D eigenvalue weighted by atomic mass is 9.90. The van der Waals surface area contributed by atoms with Crippen molar-refractivity contribution in [3.63, 3.8) is 0 Å². The fourth-order valence-corrected chi connectivity index (χ4v) is 4.68. The summed E-state index contributed by atoms with van der Waals surface area (Å²) in [6.45, 7) is 10.2. The first kappa shape index (κ1) is 21.6. The lowest BCUT2D eigenvalue weighted by Gasteiger charge is -2.36. The van der Waals surface area contributed by atoms with E-state index in [9.17, 15) is 14.4 Å². The molecule has 1 fully saturated rings. The highest BCUT2D eigenvalue weighted by Crippen LogP contribution is 2.29. The number of amides is 2. The Bertz CT molecular complexity index is 1060. The Hall–Kier alpha value is -2.64. The van der Waals surface area contributed by atoms with Gasteiger partial charge in [-0.05, 0) is 19.3 Å². The lowest BCUT2D eigenvalue weighted by molar-refractivity contribution is -0.140. The molecule has 2 aliphatic heterocycles. The fourth-order valence-electron chi connectivity index (χ4n) is 4.68. The third kappa shape index (κ3) is 4.12. The van der Waals surface area contributed by atoms with Gasteiger partial charge in [0, 0.05) is 55.6 Å². The molecule has 0 saturated carbocycles.